The minimum atomic E-state index is -4.75. The average Bonchev–Trinajstić information content (AvgIpc) is 3.53. The van der Waals surface area contributed by atoms with Crippen LogP contribution in [0.3, 0.4) is 0 Å². The standard InChI is InChI=1S/C25H26F3N7O3/c1-17-14-21(24-31-23(33-38-24)19-3-5-20(6-4-19)37-25(26,27)28)32-35(17)16-18-2-7-22(30-15-18)29-8-9-34-10-12-36-13-11-34/h2-7,14-15H,8-13,16H2,1H3,(H,29,30). The van der Waals surface area contributed by atoms with Gasteiger partial charge in [-0.2, -0.15) is 10.1 Å². The van der Waals surface area contributed by atoms with E-state index in [1.165, 1.54) is 24.3 Å². The largest absolute Gasteiger partial charge is 0.573 e. The summed E-state index contributed by atoms with van der Waals surface area (Å²) in [7, 11) is 0. The van der Waals surface area contributed by atoms with Gasteiger partial charge in [-0.3, -0.25) is 9.58 Å². The third-order valence-corrected chi connectivity index (χ3v) is 5.97. The van der Waals surface area contributed by atoms with E-state index in [0.29, 0.717) is 17.8 Å². The van der Waals surface area contributed by atoms with E-state index in [9.17, 15) is 13.2 Å². The van der Waals surface area contributed by atoms with Crippen molar-refractivity contribution in [3.8, 4) is 28.7 Å². The van der Waals surface area contributed by atoms with Gasteiger partial charge in [-0.05, 0) is 48.9 Å². The summed E-state index contributed by atoms with van der Waals surface area (Å²) in [6, 6.07) is 11.0. The number of morpholine rings is 1. The first-order valence-corrected chi connectivity index (χ1v) is 12.1. The molecule has 1 N–H and O–H groups in total. The lowest BCUT2D eigenvalue weighted by Gasteiger charge is -2.26. The Morgan fingerprint density at radius 1 is 1.08 bits per heavy atom. The fraction of sp³-hybridized carbons (Fsp3) is 0.360. The van der Waals surface area contributed by atoms with Crippen LogP contribution < -0.4 is 10.1 Å². The fourth-order valence-corrected chi connectivity index (χ4v) is 3.99. The van der Waals surface area contributed by atoms with Crippen LogP contribution in [0.25, 0.3) is 23.0 Å². The van der Waals surface area contributed by atoms with Crippen LogP contribution in [-0.2, 0) is 11.3 Å². The van der Waals surface area contributed by atoms with Crippen LogP contribution in [0.1, 0.15) is 11.3 Å². The lowest BCUT2D eigenvalue weighted by molar-refractivity contribution is -0.274. The maximum absolute atomic E-state index is 12.4. The maximum Gasteiger partial charge on any atom is 0.573 e. The highest BCUT2D eigenvalue weighted by atomic mass is 19.4. The molecule has 0 saturated carbocycles. The molecule has 0 radical (unpaired) electrons. The Balaban J connectivity index is 1.18. The molecule has 4 aromatic rings. The molecule has 3 aromatic heterocycles. The lowest BCUT2D eigenvalue weighted by atomic mass is 10.2. The fourth-order valence-electron chi connectivity index (χ4n) is 3.99. The Morgan fingerprint density at radius 3 is 2.58 bits per heavy atom. The predicted octanol–water partition coefficient (Wildman–Crippen LogP) is 3.99. The zero-order valence-electron chi connectivity index (χ0n) is 20.6. The highest BCUT2D eigenvalue weighted by Crippen LogP contribution is 2.27. The molecule has 0 atom stereocenters. The number of halogens is 3. The van der Waals surface area contributed by atoms with Crippen LogP contribution in [0.2, 0.25) is 0 Å². The van der Waals surface area contributed by atoms with E-state index in [2.05, 4.69) is 35.2 Å². The number of hydrogen-bond donors (Lipinski definition) is 1. The Morgan fingerprint density at radius 2 is 1.87 bits per heavy atom. The maximum atomic E-state index is 12.4. The van der Waals surface area contributed by atoms with E-state index < -0.39 is 6.36 Å². The van der Waals surface area contributed by atoms with Crippen LogP contribution in [0, 0.1) is 6.92 Å². The molecule has 10 nitrogen and oxygen atoms in total. The van der Waals surface area contributed by atoms with Crippen LogP contribution in [0.15, 0.2) is 53.2 Å². The molecule has 1 saturated heterocycles. The molecule has 5 rings (SSSR count). The van der Waals surface area contributed by atoms with E-state index >= 15 is 0 Å². The zero-order valence-corrected chi connectivity index (χ0v) is 20.6. The van der Waals surface area contributed by atoms with Crippen LogP contribution in [-0.4, -0.2) is 75.6 Å². The molecule has 0 aliphatic carbocycles. The third-order valence-electron chi connectivity index (χ3n) is 5.97. The molecular formula is C25H26F3N7O3. The lowest BCUT2D eigenvalue weighted by Crippen LogP contribution is -2.39. The number of alkyl halides is 3. The number of ether oxygens (including phenoxy) is 2. The Bertz CT molecular complexity index is 1330. The number of aryl methyl sites for hydroxylation is 1. The number of hydrogen-bond acceptors (Lipinski definition) is 9. The molecule has 1 aliphatic rings. The quantitative estimate of drug-likeness (QED) is 0.345. The van der Waals surface area contributed by atoms with Gasteiger partial charge in [-0.15, -0.1) is 13.2 Å². The number of benzene rings is 1. The van der Waals surface area contributed by atoms with Gasteiger partial charge in [0.1, 0.15) is 11.6 Å². The van der Waals surface area contributed by atoms with Crippen molar-refractivity contribution in [2.45, 2.75) is 19.8 Å². The summed E-state index contributed by atoms with van der Waals surface area (Å²) in [5.41, 5.74) is 2.85. The molecule has 13 heteroatoms. The van der Waals surface area contributed by atoms with Crippen molar-refractivity contribution in [3.05, 3.63) is 59.9 Å². The van der Waals surface area contributed by atoms with Crippen molar-refractivity contribution >= 4 is 5.82 Å². The number of pyridine rings is 1. The Kier molecular flexibility index (Phi) is 7.56. The van der Waals surface area contributed by atoms with Crippen LogP contribution in [0.4, 0.5) is 19.0 Å². The van der Waals surface area contributed by atoms with Gasteiger partial charge in [-0.1, -0.05) is 11.2 Å². The smallest absolute Gasteiger partial charge is 0.406 e. The molecule has 0 bridgehead atoms. The number of nitrogens with zero attached hydrogens (tertiary/aromatic N) is 6. The Labute approximate surface area is 216 Å². The second-order valence-corrected chi connectivity index (χ2v) is 8.76. The first-order chi connectivity index (χ1) is 18.3. The second kappa shape index (κ2) is 11.2. The van der Waals surface area contributed by atoms with Gasteiger partial charge < -0.3 is 19.3 Å². The minimum Gasteiger partial charge on any atom is -0.406 e. The van der Waals surface area contributed by atoms with Gasteiger partial charge in [0.25, 0.3) is 5.89 Å². The van der Waals surface area contributed by atoms with Crippen molar-refractivity contribution in [1.29, 1.82) is 0 Å². The number of anilines is 1. The van der Waals surface area contributed by atoms with Crippen molar-refractivity contribution < 1.29 is 27.2 Å². The Hall–Kier alpha value is -3.97. The molecule has 200 valence electrons. The van der Waals surface area contributed by atoms with E-state index in [4.69, 9.17) is 9.26 Å². The minimum absolute atomic E-state index is 0.204. The highest BCUT2D eigenvalue weighted by Gasteiger charge is 2.31. The zero-order chi connectivity index (χ0) is 26.5. The molecule has 1 aliphatic heterocycles. The predicted molar refractivity (Wildman–Crippen MR) is 131 cm³/mol. The number of rotatable bonds is 9. The van der Waals surface area contributed by atoms with Crippen molar-refractivity contribution in [1.82, 2.24) is 29.8 Å². The van der Waals surface area contributed by atoms with Crippen molar-refractivity contribution in [2.24, 2.45) is 0 Å². The van der Waals surface area contributed by atoms with E-state index in [0.717, 1.165) is 56.5 Å². The molecule has 1 aromatic carbocycles. The topological polar surface area (TPSA) is 103 Å². The second-order valence-electron chi connectivity index (χ2n) is 8.76. The average molecular weight is 530 g/mol. The molecule has 1 fully saturated rings. The summed E-state index contributed by atoms with van der Waals surface area (Å²) in [5, 5.41) is 11.9. The molecule has 0 unspecified atom stereocenters. The molecular weight excluding hydrogens is 503 g/mol. The number of aromatic nitrogens is 5. The van der Waals surface area contributed by atoms with Gasteiger partial charge in [0.15, 0.2) is 5.69 Å². The van der Waals surface area contributed by atoms with Crippen molar-refractivity contribution in [2.75, 3.05) is 44.7 Å². The summed E-state index contributed by atoms with van der Waals surface area (Å²) in [5.74, 6) is 0.920. The summed E-state index contributed by atoms with van der Waals surface area (Å²) in [6.45, 7) is 7.66. The van der Waals surface area contributed by atoms with Crippen LogP contribution in [0.5, 0.6) is 5.75 Å². The summed E-state index contributed by atoms with van der Waals surface area (Å²) in [6.07, 6.45) is -2.94. The van der Waals surface area contributed by atoms with Crippen molar-refractivity contribution in [3.63, 3.8) is 0 Å². The van der Waals surface area contributed by atoms with E-state index in [1.807, 2.05) is 36.0 Å². The van der Waals surface area contributed by atoms with Gasteiger partial charge in [-0.25, -0.2) is 4.98 Å². The monoisotopic (exact) mass is 529 g/mol. The summed E-state index contributed by atoms with van der Waals surface area (Å²) >= 11 is 0. The van der Waals surface area contributed by atoms with Gasteiger partial charge in [0.05, 0.1) is 19.8 Å². The van der Waals surface area contributed by atoms with E-state index in [1.54, 1.807) is 0 Å². The van der Waals surface area contributed by atoms with Gasteiger partial charge >= 0.3 is 6.36 Å². The molecule has 0 amide bonds. The highest BCUT2D eigenvalue weighted by molar-refractivity contribution is 5.59. The third kappa shape index (κ3) is 6.66. The van der Waals surface area contributed by atoms with Crippen LogP contribution >= 0.6 is 0 Å². The number of nitrogens with one attached hydrogen (secondary N) is 1. The summed E-state index contributed by atoms with van der Waals surface area (Å²) in [4.78, 5) is 11.2. The van der Waals surface area contributed by atoms with Gasteiger partial charge in [0, 0.05) is 43.6 Å². The normalized spacial score (nSPS) is 14.5. The van der Waals surface area contributed by atoms with Gasteiger partial charge in [0.2, 0.25) is 5.82 Å². The molecule has 0 spiro atoms. The first-order valence-electron chi connectivity index (χ1n) is 12.1. The SMILES string of the molecule is Cc1cc(-c2nc(-c3ccc(OC(F)(F)F)cc3)no2)nn1Cc1ccc(NCCN2CCOCC2)nc1. The molecule has 38 heavy (non-hydrogen) atoms. The summed E-state index contributed by atoms with van der Waals surface area (Å²) < 4.78 is 53.5. The van der Waals surface area contributed by atoms with E-state index in [-0.39, 0.29) is 17.5 Å². The molecule has 4 heterocycles. The first kappa shape index (κ1) is 25.7.